The Morgan fingerprint density at radius 3 is 2.84 bits per heavy atom. The van der Waals surface area contributed by atoms with E-state index in [1.165, 1.54) is 0 Å². The molecule has 1 heterocycles. The minimum Gasteiger partial charge on any atom is -0.480 e. The van der Waals surface area contributed by atoms with Crippen molar-refractivity contribution in [3.05, 3.63) is 33.0 Å². The quantitative estimate of drug-likeness (QED) is 0.528. The molecule has 0 saturated heterocycles. The van der Waals surface area contributed by atoms with Crippen molar-refractivity contribution < 1.29 is 14.3 Å². The van der Waals surface area contributed by atoms with Gasteiger partial charge in [0.15, 0.2) is 12.4 Å². The van der Waals surface area contributed by atoms with Crippen molar-refractivity contribution in [1.82, 2.24) is 15.8 Å². The number of carbonyl (C=O) groups excluding carboxylic acids is 2. The number of nitrogens with zero attached hydrogens (tertiary/aromatic N) is 1. The molecule has 1 aromatic heterocycles. The fourth-order valence-electron chi connectivity index (χ4n) is 2.88. The van der Waals surface area contributed by atoms with Gasteiger partial charge in [0.2, 0.25) is 5.91 Å². The van der Waals surface area contributed by atoms with Gasteiger partial charge in [-0.25, -0.2) is 0 Å². The number of nitrogens with one attached hydrogen (secondary N) is 2. The molecule has 25 heavy (non-hydrogen) atoms. The molecule has 2 aromatic rings. The highest BCUT2D eigenvalue weighted by Gasteiger charge is 2.23. The number of rotatable bonds is 4. The molecule has 8 heteroatoms. The molecule has 1 fully saturated rings. The zero-order chi connectivity index (χ0) is 17.8. The zero-order valence-corrected chi connectivity index (χ0v) is 16.3. The summed E-state index contributed by atoms with van der Waals surface area (Å²) in [5.41, 5.74) is 5.46. The summed E-state index contributed by atoms with van der Waals surface area (Å²) in [5, 5.41) is 1.34. The highest BCUT2D eigenvalue weighted by Crippen LogP contribution is 2.34. The molecule has 0 bridgehead atoms. The van der Waals surface area contributed by atoms with E-state index in [1.54, 1.807) is 18.3 Å². The lowest BCUT2D eigenvalue weighted by Gasteiger charge is -2.13. The van der Waals surface area contributed by atoms with Crippen LogP contribution in [0.4, 0.5) is 0 Å². The Bertz CT molecular complexity index is 809. The highest BCUT2D eigenvalue weighted by molar-refractivity contribution is 14.1. The average molecular weight is 474 g/mol. The molecule has 3 rings (SSSR count). The highest BCUT2D eigenvalue weighted by atomic mass is 127. The Morgan fingerprint density at radius 1 is 1.32 bits per heavy atom. The molecule has 0 radical (unpaired) electrons. The van der Waals surface area contributed by atoms with Crippen molar-refractivity contribution in [2.75, 3.05) is 6.61 Å². The van der Waals surface area contributed by atoms with Crippen molar-refractivity contribution in [2.24, 2.45) is 5.92 Å². The number of benzene rings is 1. The molecular weight excluding hydrogens is 457 g/mol. The summed E-state index contributed by atoms with van der Waals surface area (Å²) in [6.07, 6.45) is 5.51. The lowest BCUT2D eigenvalue weighted by molar-refractivity contribution is -0.132. The maximum atomic E-state index is 12.0. The SMILES string of the molecule is O=C(COc1c(I)cc(Cl)c2cccnc12)NNC(=O)C1CCCC1. The minimum atomic E-state index is -0.429. The van der Waals surface area contributed by atoms with Crippen molar-refractivity contribution in [3.8, 4) is 5.75 Å². The van der Waals surface area contributed by atoms with Crippen LogP contribution in [0, 0.1) is 9.49 Å². The Balaban J connectivity index is 1.60. The predicted octanol–water partition coefficient (Wildman–Crippen LogP) is 3.21. The first kappa shape index (κ1) is 18.2. The molecule has 0 aliphatic heterocycles. The number of hydrogen-bond acceptors (Lipinski definition) is 4. The van der Waals surface area contributed by atoms with Crippen LogP contribution >= 0.6 is 34.2 Å². The third-order valence-electron chi connectivity index (χ3n) is 4.15. The normalized spacial score (nSPS) is 14.5. The van der Waals surface area contributed by atoms with Crippen LogP contribution in [0.1, 0.15) is 25.7 Å². The number of hydrazine groups is 1. The van der Waals surface area contributed by atoms with E-state index in [4.69, 9.17) is 16.3 Å². The Hall–Kier alpha value is -1.61. The van der Waals surface area contributed by atoms with E-state index >= 15 is 0 Å². The number of pyridine rings is 1. The number of aromatic nitrogens is 1. The Morgan fingerprint density at radius 2 is 2.08 bits per heavy atom. The fraction of sp³-hybridized carbons (Fsp3) is 0.353. The van der Waals surface area contributed by atoms with E-state index in [9.17, 15) is 9.59 Å². The van der Waals surface area contributed by atoms with Gasteiger partial charge in [0.25, 0.3) is 5.91 Å². The monoisotopic (exact) mass is 473 g/mol. The van der Waals surface area contributed by atoms with E-state index in [0.717, 1.165) is 34.6 Å². The van der Waals surface area contributed by atoms with Crippen LogP contribution in [0.3, 0.4) is 0 Å². The van der Waals surface area contributed by atoms with Crippen molar-refractivity contribution >= 4 is 56.9 Å². The topological polar surface area (TPSA) is 80.3 Å². The van der Waals surface area contributed by atoms with Gasteiger partial charge in [-0.1, -0.05) is 24.4 Å². The predicted molar refractivity (Wildman–Crippen MR) is 103 cm³/mol. The standard InChI is InChI=1S/C17H17ClIN3O3/c18-12-8-13(19)16(15-11(12)6-3-7-20-15)25-9-14(23)21-22-17(24)10-4-1-2-5-10/h3,6-8,10H,1-2,4-5,9H2,(H,21,23)(H,22,24). The maximum absolute atomic E-state index is 12.0. The van der Waals surface area contributed by atoms with Gasteiger partial charge in [-0.05, 0) is 53.6 Å². The van der Waals surface area contributed by atoms with Crippen molar-refractivity contribution in [1.29, 1.82) is 0 Å². The molecular formula is C17H17ClIN3O3. The summed E-state index contributed by atoms with van der Waals surface area (Å²) in [6, 6.07) is 5.40. The van der Waals surface area contributed by atoms with Gasteiger partial charge in [-0.2, -0.15) is 0 Å². The number of carbonyl (C=O) groups is 2. The molecule has 2 amide bonds. The molecule has 1 aromatic carbocycles. The number of hydrogen-bond donors (Lipinski definition) is 2. The molecule has 1 aliphatic rings. The molecule has 0 spiro atoms. The van der Waals surface area contributed by atoms with Crippen molar-refractivity contribution in [2.45, 2.75) is 25.7 Å². The van der Waals surface area contributed by atoms with Gasteiger partial charge in [-0.3, -0.25) is 25.4 Å². The summed E-state index contributed by atoms with van der Waals surface area (Å²) >= 11 is 8.30. The first-order valence-corrected chi connectivity index (χ1v) is 9.46. The van der Waals surface area contributed by atoms with E-state index in [1.807, 2.05) is 6.07 Å². The van der Waals surface area contributed by atoms with Crippen LogP contribution in [0.25, 0.3) is 10.9 Å². The molecule has 132 valence electrons. The molecule has 2 N–H and O–H groups in total. The van der Waals surface area contributed by atoms with Gasteiger partial charge in [-0.15, -0.1) is 0 Å². The average Bonchev–Trinajstić information content (AvgIpc) is 3.14. The van der Waals surface area contributed by atoms with Gasteiger partial charge >= 0.3 is 0 Å². The summed E-state index contributed by atoms with van der Waals surface area (Å²) < 4.78 is 6.39. The largest absolute Gasteiger partial charge is 0.480 e. The maximum Gasteiger partial charge on any atom is 0.276 e. The van der Waals surface area contributed by atoms with Crippen LogP contribution in [0.15, 0.2) is 24.4 Å². The third kappa shape index (κ3) is 4.33. The van der Waals surface area contributed by atoms with E-state index in [-0.39, 0.29) is 18.4 Å². The number of amides is 2. The van der Waals surface area contributed by atoms with E-state index < -0.39 is 5.91 Å². The second-order valence-electron chi connectivity index (χ2n) is 5.88. The second-order valence-corrected chi connectivity index (χ2v) is 7.45. The third-order valence-corrected chi connectivity index (χ3v) is 5.26. The smallest absolute Gasteiger partial charge is 0.276 e. The van der Waals surface area contributed by atoms with Crippen LogP contribution in [-0.2, 0) is 9.59 Å². The van der Waals surface area contributed by atoms with Crippen molar-refractivity contribution in [3.63, 3.8) is 0 Å². The number of halogens is 2. The van der Waals surface area contributed by atoms with Crippen LogP contribution in [0.2, 0.25) is 5.02 Å². The summed E-state index contributed by atoms with van der Waals surface area (Å²) in [5.74, 6) is -0.0790. The number of fused-ring (bicyclic) bond motifs is 1. The molecule has 1 aliphatic carbocycles. The molecule has 6 nitrogen and oxygen atoms in total. The fourth-order valence-corrected chi connectivity index (χ4v) is 4.05. The molecule has 1 saturated carbocycles. The van der Waals surface area contributed by atoms with Gasteiger partial charge in [0.1, 0.15) is 5.52 Å². The first-order chi connectivity index (χ1) is 12.1. The zero-order valence-electron chi connectivity index (χ0n) is 13.4. The first-order valence-electron chi connectivity index (χ1n) is 8.00. The lowest BCUT2D eigenvalue weighted by Crippen LogP contribution is -2.45. The second kappa shape index (κ2) is 8.18. The van der Waals surface area contributed by atoms with E-state index in [0.29, 0.717) is 16.3 Å². The van der Waals surface area contributed by atoms with Gasteiger partial charge < -0.3 is 4.74 Å². The molecule has 0 unspecified atom stereocenters. The lowest BCUT2D eigenvalue weighted by atomic mass is 10.1. The van der Waals surface area contributed by atoms with Gasteiger partial charge in [0.05, 0.1) is 8.59 Å². The Kier molecular flexibility index (Phi) is 5.95. The van der Waals surface area contributed by atoms with Crippen LogP contribution < -0.4 is 15.6 Å². The van der Waals surface area contributed by atoms with Crippen LogP contribution in [0.5, 0.6) is 5.75 Å². The van der Waals surface area contributed by atoms with Crippen LogP contribution in [-0.4, -0.2) is 23.4 Å². The summed E-state index contributed by atoms with van der Waals surface area (Å²) in [4.78, 5) is 28.1. The minimum absolute atomic E-state index is 0.00780. The van der Waals surface area contributed by atoms with Gasteiger partial charge in [0, 0.05) is 17.5 Å². The summed E-state index contributed by atoms with van der Waals surface area (Å²) in [7, 11) is 0. The van der Waals surface area contributed by atoms with E-state index in [2.05, 4.69) is 38.4 Å². The number of ether oxygens (including phenoxy) is 1. The Labute approximate surface area is 163 Å². The summed E-state index contributed by atoms with van der Waals surface area (Å²) in [6.45, 7) is -0.228. The molecule has 0 atom stereocenters.